The van der Waals surface area contributed by atoms with Crippen LogP contribution in [0.3, 0.4) is 0 Å². The van der Waals surface area contributed by atoms with Gasteiger partial charge in [-0.05, 0) is 18.1 Å². The van der Waals surface area contributed by atoms with Gasteiger partial charge in [-0.2, -0.15) is 0 Å². The lowest BCUT2D eigenvalue weighted by molar-refractivity contribution is -0.127. The van der Waals surface area contributed by atoms with E-state index in [1.54, 1.807) is 31.5 Å². The van der Waals surface area contributed by atoms with E-state index < -0.39 is 0 Å². The summed E-state index contributed by atoms with van der Waals surface area (Å²) in [7, 11) is 3.47. The molecule has 1 heterocycles. The topological polar surface area (TPSA) is 74.5 Å². The molecule has 0 spiro atoms. The van der Waals surface area contributed by atoms with Crippen molar-refractivity contribution in [2.45, 2.75) is 20.0 Å². The molecule has 0 atom stereocenters. The van der Waals surface area contributed by atoms with Gasteiger partial charge in [0.15, 0.2) is 5.96 Å². The van der Waals surface area contributed by atoms with Crippen LogP contribution in [0.4, 0.5) is 0 Å². The van der Waals surface area contributed by atoms with E-state index in [0.717, 1.165) is 18.7 Å². The number of benzene rings is 1. The van der Waals surface area contributed by atoms with Gasteiger partial charge in [0.05, 0.1) is 19.4 Å². The number of nitrogens with zero attached hydrogens (tertiary/aromatic N) is 4. The van der Waals surface area contributed by atoms with Crippen LogP contribution in [-0.2, 0) is 17.9 Å². The second-order valence-corrected chi connectivity index (χ2v) is 5.89. The zero-order chi connectivity index (χ0) is 18.1. The van der Waals surface area contributed by atoms with E-state index in [2.05, 4.69) is 38.8 Å². The quantitative estimate of drug-likeness (QED) is 0.583. The summed E-state index contributed by atoms with van der Waals surface area (Å²) in [6.07, 6.45) is 5.52. The van der Waals surface area contributed by atoms with E-state index in [9.17, 15) is 4.79 Å². The van der Waals surface area contributed by atoms with E-state index in [-0.39, 0.29) is 12.5 Å². The first-order chi connectivity index (χ1) is 12.1. The van der Waals surface area contributed by atoms with Crippen molar-refractivity contribution >= 4 is 11.9 Å². The van der Waals surface area contributed by atoms with E-state index in [1.807, 2.05) is 23.8 Å². The van der Waals surface area contributed by atoms with Gasteiger partial charge < -0.3 is 20.1 Å². The van der Waals surface area contributed by atoms with E-state index in [4.69, 9.17) is 0 Å². The van der Waals surface area contributed by atoms with Crippen molar-refractivity contribution < 1.29 is 4.79 Å². The molecule has 7 nitrogen and oxygen atoms in total. The highest BCUT2D eigenvalue weighted by Gasteiger charge is 2.05. The van der Waals surface area contributed by atoms with Crippen molar-refractivity contribution in [3.8, 4) is 0 Å². The molecule has 7 heteroatoms. The fraction of sp³-hybridized carbons (Fsp3) is 0.389. The molecule has 0 bridgehead atoms. The molecule has 2 N–H and O–H groups in total. The molecule has 0 saturated carbocycles. The van der Waals surface area contributed by atoms with Gasteiger partial charge in [0, 0.05) is 39.6 Å². The van der Waals surface area contributed by atoms with Crippen molar-refractivity contribution in [2.75, 3.05) is 27.2 Å². The molecule has 2 aromatic rings. The Labute approximate surface area is 148 Å². The molecule has 25 heavy (non-hydrogen) atoms. The number of hydrogen-bond acceptors (Lipinski definition) is 3. The maximum atomic E-state index is 11.7. The van der Waals surface area contributed by atoms with Crippen LogP contribution in [0.2, 0.25) is 0 Å². The molecular weight excluding hydrogens is 316 g/mol. The first-order valence-electron chi connectivity index (χ1n) is 8.34. The summed E-state index contributed by atoms with van der Waals surface area (Å²) in [4.78, 5) is 21.9. The number of hydrogen-bond donors (Lipinski definition) is 2. The van der Waals surface area contributed by atoms with Gasteiger partial charge >= 0.3 is 0 Å². The van der Waals surface area contributed by atoms with Gasteiger partial charge in [-0.25, -0.2) is 9.98 Å². The van der Waals surface area contributed by atoms with Gasteiger partial charge in [0.1, 0.15) is 0 Å². The van der Waals surface area contributed by atoms with Crippen LogP contribution < -0.4 is 10.6 Å². The zero-order valence-electron chi connectivity index (χ0n) is 15.1. The Morgan fingerprint density at radius 3 is 2.76 bits per heavy atom. The fourth-order valence-corrected chi connectivity index (χ4v) is 2.25. The predicted octanol–water partition coefficient (Wildman–Crippen LogP) is 1.07. The van der Waals surface area contributed by atoms with Crippen molar-refractivity contribution in [3.63, 3.8) is 0 Å². The number of aromatic nitrogens is 2. The van der Waals surface area contributed by atoms with Gasteiger partial charge in [-0.3, -0.25) is 4.79 Å². The average Bonchev–Trinajstić information content (AvgIpc) is 3.10. The van der Waals surface area contributed by atoms with Crippen molar-refractivity contribution in [1.82, 2.24) is 25.1 Å². The normalized spacial score (nSPS) is 11.2. The van der Waals surface area contributed by atoms with Crippen LogP contribution in [0.25, 0.3) is 0 Å². The molecule has 0 aliphatic heterocycles. The van der Waals surface area contributed by atoms with Gasteiger partial charge in [-0.15, -0.1) is 0 Å². The first-order valence-corrected chi connectivity index (χ1v) is 8.34. The molecule has 1 aromatic carbocycles. The van der Waals surface area contributed by atoms with Crippen LogP contribution in [-0.4, -0.2) is 53.5 Å². The van der Waals surface area contributed by atoms with E-state index in [1.165, 1.54) is 5.56 Å². The Balaban J connectivity index is 1.97. The third-order valence-electron chi connectivity index (χ3n) is 3.59. The standard InChI is InChI=1S/C18H26N6O/c1-4-20-18(22-12-17(25)23(2)3)21-11-15-6-5-7-16(10-15)13-24-9-8-19-14-24/h5-10,14H,4,11-13H2,1-3H3,(H2,20,21,22). The molecule has 0 fully saturated rings. The van der Waals surface area contributed by atoms with Crippen LogP contribution in [0.15, 0.2) is 48.0 Å². The van der Waals surface area contributed by atoms with Gasteiger partial charge in [-0.1, -0.05) is 24.3 Å². The SMILES string of the molecule is CCNC(=NCc1cccc(Cn2ccnc2)c1)NCC(=O)N(C)C. The third kappa shape index (κ3) is 6.29. The Morgan fingerprint density at radius 1 is 1.28 bits per heavy atom. The smallest absolute Gasteiger partial charge is 0.241 e. The molecule has 134 valence electrons. The molecular formula is C18H26N6O. The summed E-state index contributed by atoms with van der Waals surface area (Å²) >= 11 is 0. The van der Waals surface area contributed by atoms with Crippen LogP contribution in [0.5, 0.6) is 0 Å². The summed E-state index contributed by atoms with van der Waals surface area (Å²) in [5.74, 6) is 0.644. The molecule has 1 aromatic heterocycles. The molecule has 1 amide bonds. The zero-order valence-corrected chi connectivity index (χ0v) is 15.1. The monoisotopic (exact) mass is 342 g/mol. The number of rotatable bonds is 7. The molecule has 0 unspecified atom stereocenters. The number of amides is 1. The average molecular weight is 342 g/mol. The van der Waals surface area contributed by atoms with Gasteiger partial charge in [0.2, 0.25) is 5.91 Å². The Hall–Kier alpha value is -2.83. The Kier molecular flexibility index (Phi) is 7.00. The third-order valence-corrected chi connectivity index (χ3v) is 3.59. The van der Waals surface area contributed by atoms with Crippen LogP contribution in [0.1, 0.15) is 18.1 Å². The number of guanidine groups is 1. The molecule has 0 radical (unpaired) electrons. The van der Waals surface area contributed by atoms with Gasteiger partial charge in [0.25, 0.3) is 0 Å². The van der Waals surface area contributed by atoms with Crippen molar-refractivity contribution in [3.05, 3.63) is 54.1 Å². The summed E-state index contributed by atoms with van der Waals surface area (Å²) in [5, 5.41) is 6.21. The molecule has 0 aliphatic rings. The molecule has 0 aliphatic carbocycles. The minimum atomic E-state index is 0.00734. The Bertz CT molecular complexity index is 693. The maximum absolute atomic E-state index is 11.7. The fourth-order valence-electron chi connectivity index (χ4n) is 2.25. The number of carbonyl (C=O) groups is 1. The second-order valence-electron chi connectivity index (χ2n) is 5.89. The van der Waals surface area contributed by atoms with Crippen LogP contribution >= 0.6 is 0 Å². The lowest BCUT2D eigenvalue weighted by Crippen LogP contribution is -2.42. The number of imidazole rings is 1. The summed E-state index contributed by atoms with van der Waals surface area (Å²) in [5.41, 5.74) is 2.32. The summed E-state index contributed by atoms with van der Waals surface area (Å²) in [6, 6.07) is 8.31. The van der Waals surface area contributed by atoms with E-state index >= 15 is 0 Å². The molecule has 0 saturated heterocycles. The highest BCUT2D eigenvalue weighted by Crippen LogP contribution is 2.08. The lowest BCUT2D eigenvalue weighted by atomic mass is 10.1. The summed E-state index contributed by atoms with van der Waals surface area (Å²) in [6.45, 7) is 4.29. The van der Waals surface area contributed by atoms with Crippen LogP contribution in [0, 0.1) is 0 Å². The first kappa shape index (κ1) is 18.5. The van der Waals surface area contributed by atoms with Crippen molar-refractivity contribution in [2.24, 2.45) is 4.99 Å². The number of likely N-dealkylation sites (N-methyl/N-ethyl adjacent to an activating group) is 1. The highest BCUT2D eigenvalue weighted by molar-refractivity contribution is 5.86. The second kappa shape index (κ2) is 9.46. The Morgan fingerprint density at radius 2 is 2.08 bits per heavy atom. The van der Waals surface area contributed by atoms with E-state index in [0.29, 0.717) is 12.5 Å². The molecule has 2 rings (SSSR count). The number of nitrogens with one attached hydrogen (secondary N) is 2. The number of carbonyl (C=O) groups excluding carboxylic acids is 1. The summed E-state index contributed by atoms with van der Waals surface area (Å²) < 4.78 is 2.03. The number of aliphatic imine (C=N–C) groups is 1. The van der Waals surface area contributed by atoms with Crippen molar-refractivity contribution in [1.29, 1.82) is 0 Å². The predicted molar refractivity (Wildman–Crippen MR) is 99.3 cm³/mol. The maximum Gasteiger partial charge on any atom is 0.241 e. The minimum Gasteiger partial charge on any atom is -0.357 e. The highest BCUT2D eigenvalue weighted by atomic mass is 16.2. The minimum absolute atomic E-state index is 0.00734. The lowest BCUT2D eigenvalue weighted by Gasteiger charge is -2.14. The largest absolute Gasteiger partial charge is 0.357 e.